The number of ether oxygens (including phenoxy) is 1. The first kappa shape index (κ1) is 22.3. The van der Waals surface area contributed by atoms with Crippen molar-refractivity contribution in [2.24, 2.45) is 0 Å². The first-order valence-corrected chi connectivity index (χ1v) is 10.3. The number of amides is 2. The predicted molar refractivity (Wildman–Crippen MR) is 113 cm³/mol. The van der Waals surface area contributed by atoms with Crippen molar-refractivity contribution in [1.29, 1.82) is 0 Å². The molecular formula is C21H21FN4O4S. The number of likely N-dealkylation sites (N-methyl/N-ethyl adjacent to an activating group) is 1. The van der Waals surface area contributed by atoms with Gasteiger partial charge in [0.15, 0.2) is 6.61 Å². The first-order chi connectivity index (χ1) is 14.9. The number of anilines is 1. The number of carbonyl (C=O) groups is 2. The molecule has 10 heteroatoms. The molecule has 2 aromatic carbocycles. The van der Waals surface area contributed by atoms with Gasteiger partial charge in [-0.05, 0) is 48.9 Å². The number of nitrogens with zero attached hydrogens (tertiary/aromatic N) is 3. The van der Waals surface area contributed by atoms with Crippen LogP contribution in [-0.4, -0.2) is 46.3 Å². The van der Waals surface area contributed by atoms with Gasteiger partial charge in [-0.25, -0.2) is 4.39 Å². The molecule has 3 aromatic rings. The number of thioether (sulfide) groups is 1. The van der Waals surface area contributed by atoms with Crippen LogP contribution in [0.3, 0.4) is 0 Å². The van der Waals surface area contributed by atoms with Crippen LogP contribution in [0.2, 0.25) is 0 Å². The van der Waals surface area contributed by atoms with E-state index in [1.165, 1.54) is 36.2 Å². The average Bonchev–Trinajstić information content (AvgIpc) is 3.20. The van der Waals surface area contributed by atoms with Gasteiger partial charge < -0.3 is 19.4 Å². The number of aromatic nitrogens is 2. The van der Waals surface area contributed by atoms with Crippen LogP contribution in [0.5, 0.6) is 5.75 Å². The van der Waals surface area contributed by atoms with E-state index in [-0.39, 0.29) is 35.9 Å². The molecule has 0 saturated carbocycles. The zero-order chi connectivity index (χ0) is 22.2. The van der Waals surface area contributed by atoms with E-state index in [0.29, 0.717) is 17.3 Å². The van der Waals surface area contributed by atoms with Crippen molar-refractivity contribution >= 4 is 29.3 Å². The monoisotopic (exact) mass is 444 g/mol. The van der Waals surface area contributed by atoms with Crippen LogP contribution in [-0.2, 0) is 16.2 Å². The standard InChI is InChI=1S/C21H21FN4O4S/c1-14-4-3-5-17(10-14)29-12-19-24-25-21(30-19)31-13-20(28)26(2)11-18(27)23-16-8-6-15(22)7-9-16/h3-10H,11-13H2,1-2H3,(H,23,27). The summed E-state index contributed by atoms with van der Waals surface area (Å²) in [5.74, 6) is -0.0450. The SMILES string of the molecule is Cc1cccc(OCc2nnc(SCC(=O)N(C)CC(=O)Nc3ccc(F)cc3)o2)c1. The fourth-order valence-electron chi connectivity index (χ4n) is 2.48. The highest BCUT2D eigenvalue weighted by atomic mass is 32.2. The van der Waals surface area contributed by atoms with Crippen LogP contribution in [0.25, 0.3) is 0 Å². The molecular weight excluding hydrogens is 423 g/mol. The molecule has 0 fully saturated rings. The number of hydrogen-bond donors (Lipinski definition) is 1. The third-order valence-corrected chi connectivity index (χ3v) is 4.86. The number of benzene rings is 2. The first-order valence-electron chi connectivity index (χ1n) is 9.33. The van der Waals surface area contributed by atoms with Crippen molar-refractivity contribution < 1.29 is 23.1 Å². The molecule has 3 rings (SSSR count). The van der Waals surface area contributed by atoms with Gasteiger partial charge in [-0.2, -0.15) is 0 Å². The van der Waals surface area contributed by atoms with E-state index < -0.39 is 5.82 Å². The minimum absolute atomic E-state index is 0.0285. The molecule has 1 heterocycles. The Kier molecular flexibility index (Phi) is 7.60. The van der Waals surface area contributed by atoms with Gasteiger partial charge in [0, 0.05) is 12.7 Å². The molecule has 31 heavy (non-hydrogen) atoms. The second-order valence-corrected chi connectivity index (χ2v) is 7.59. The molecule has 0 atom stereocenters. The van der Waals surface area contributed by atoms with Gasteiger partial charge in [0.2, 0.25) is 11.8 Å². The topological polar surface area (TPSA) is 97.6 Å². The van der Waals surface area contributed by atoms with E-state index in [1.807, 2.05) is 31.2 Å². The molecule has 0 aliphatic rings. The summed E-state index contributed by atoms with van der Waals surface area (Å²) in [6.07, 6.45) is 0. The summed E-state index contributed by atoms with van der Waals surface area (Å²) < 4.78 is 24.0. The van der Waals surface area contributed by atoms with Gasteiger partial charge >= 0.3 is 0 Å². The summed E-state index contributed by atoms with van der Waals surface area (Å²) in [5.41, 5.74) is 1.53. The predicted octanol–water partition coefficient (Wildman–Crippen LogP) is 3.29. The van der Waals surface area contributed by atoms with Gasteiger partial charge in [0.1, 0.15) is 11.6 Å². The number of rotatable bonds is 9. The summed E-state index contributed by atoms with van der Waals surface area (Å²) in [6, 6.07) is 13.0. The van der Waals surface area contributed by atoms with E-state index >= 15 is 0 Å². The molecule has 1 N–H and O–H groups in total. The van der Waals surface area contributed by atoms with E-state index in [1.54, 1.807) is 0 Å². The highest BCUT2D eigenvalue weighted by Gasteiger charge is 2.16. The van der Waals surface area contributed by atoms with Crippen molar-refractivity contribution in [3.05, 3.63) is 65.8 Å². The molecule has 0 spiro atoms. The Hall–Kier alpha value is -3.40. The fraction of sp³-hybridized carbons (Fsp3) is 0.238. The second-order valence-electron chi connectivity index (χ2n) is 6.66. The lowest BCUT2D eigenvalue weighted by Crippen LogP contribution is -2.35. The van der Waals surface area contributed by atoms with Gasteiger partial charge in [-0.3, -0.25) is 9.59 Å². The Morgan fingerprint density at radius 2 is 1.97 bits per heavy atom. The lowest BCUT2D eigenvalue weighted by atomic mass is 10.2. The van der Waals surface area contributed by atoms with Crippen molar-refractivity contribution in [1.82, 2.24) is 15.1 Å². The van der Waals surface area contributed by atoms with Gasteiger partial charge in [-0.1, -0.05) is 23.9 Å². The van der Waals surface area contributed by atoms with E-state index in [4.69, 9.17) is 9.15 Å². The Balaban J connectivity index is 1.41. The summed E-state index contributed by atoms with van der Waals surface area (Å²) in [5, 5.41) is 10.6. The summed E-state index contributed by atoms with van der Waals surface area (Å²) in [6.45, 7) is 1.94. The van der Waals surface area contributed by atoms with Crippen molar-refractivity contribution in [3.63, 3.8) is 0 Å². The molecule has 162 valence electrons. The largest absolute Gasteiger partial charge is 0.484 e. The molecule has 0 saturated heterocycles. The van der Waals surface area contributed by atoms with E-state index in [0.717, 1.165) is 17.3 Å². The Bertz CT molecular complexity index is 1040. The molecule has 2 amide bonds. The quantitative estimate of drug-likeness (QED) is 0.506. The summed E-state index contributed by atoms with van der Waals surface area (Å²) in [7, 11) is 1.52. The molecule has 0 aliphatic carbocycles. The number of aryl methyl sites for hydroxylation is 1. The highest BCUT2D eigenvalue weighted by Crippen LogP contribution is 2.18. The minimum Gasteiger partial charge on any atom is -0.484 e. The number of carbonyl (C=O) groups excluding carboxylic acids is 2. The number of hydrogen-bond acceptors (Lipinski definition) is 7. The summed E-state index contributed by atoms with van der Waals surface area (Å²) in [4.78, 5) is 25.6. The molecule has 0 bridgehead atoms. The van der Waals surface area contributed by atoms with Crippen LogP contribution in [0.15, 0.2) is 58.2 Å². The van der Waals surface area contributed by atoms with Crippen LogP contribution >= 0.6 is 11.8 Å². The van der Waals surface area contributed by atoms with Crippen LogP contribution in [0.4, 0.5) is 10.1 Å². The zero-order valence-corrected chi connectivity index (χ0v) is 17.8. The zero-order valence-electron chi connectivity index (χ0n) is 17.0. The van der Waals surface area contributed by atoms with Crippen LogP contribution in [0.1, 0.15) is 11.5 Å². The minimum atomic E-state index is -0.395. The third-order valence-electron chi connectivity index (χ3n) is 4.05. The van der Waals surface area contributed by atoms with Crippen molar-refractivity contribution in [2.75, 3.05) is 24.7 Å². The number of nitrogens with one attached hydrogen (secondary N) is 1. The molecule has 1 aromatic heterocycles. The smallest absolute Gasteiger partial charge is 0.277 e. The Labute approximate surface area is 182 Å². The lowest BCUT2D eigenvalue weighted by molar-refractivity contribution is -0.131. The van der Waals surface area contributed by atoms with E-state index in [9.17, 15) is 14.0 Å². The molecule has 8 nitrogen and oxygen atoms in total. The fourth-order valence-corrected chi connectivity index (χ4v) is 3.20. The van der Waals surface area contributed by atoms with E-state index in [2.05, 4.69) is 15.5 Å². The van der Waals surface area contributed by atoms with Crippen molar-refractivity contribution in [2.45, 2.75) is 18.8 Å². The second kappa shape index (κ2) is 10.6. The van der Waals surface area contributed by atoms with Gasteiger partial charge in [-0.15, -0.1) is 10.2 Å². The van der Waals surface area contributed by atoms with Gasteiger partial charge in [0.25, 0.3) is 11.1 Å². The Morgan fingerprint density at radius 1 is 1.19 bits per heavy atom. The number of halogens is 1. The molecule has 0 unspecified atom stereocenters. The third kappa shape index (κ3) is 7.10. The lowest BCUT2D eigenvalue weighted by Gasteiger charge is -2.16. The summed E-state index contributed by atoms with van der Waals surface area (Å²) >= 11 is 1.07. The van der Waals surface area contributed by atoms with Gasteiger partial charge in [0.05, 0.1) is 12.3 Å². The maximum atomic E-state index is 12.9. The normalized spacial score (nSPS) is 10.5. The van der Waals surface area contributed by atoms with Crippen LogP contribution in [0, 0.1) is 12.7 Å². The van der Waals surface area contributed by atoms with Crippen molar-refractivity contribution in [3.8, 4) is 5.75 Å². The molecule has 0 radical (unpaired) electrons. The Morgan fingerprint density at radius 3 is 2.71 bits per heavy atom. The highest BCUT2D eigenvalue weighted by molar-refractivity contribution is 7.99. The maximum Gasteiger partial charge on any atom is 0.277 e. The average molecular weight is 444 g/mol. The van der Waals surface area contributed by atoms with Crippen LogP contribution < -0.4 is 10.1 Å². The molecule has 0 aliphatic heterocycles. The maximum absolute atomic E-state index is 12.9.